The molecule has 0 atom stereocenters. The summed E-state index contributed by atoms with van der Waals surface area (Å²) < 4.78 is 11.1. The Morgan fingerprint density at radius 3 is 2.44 bits per heavy atom. The second-order valence-corrected chi connectivity index (χ2v) is 7.96. The fourth-order valence-corrected chi connectivity index (χ4v) is 4.04. The fraction of sp³-hybridized carbons (Fsp3) is 0.250. The van der Waals surface area contributed by atoms with Crippen molar-refractivity contribution in [3.8, 4) is 22.8 Å². The number of anilines is 1. The zero-order valence-electron chi connectivity index (χ0n) is 18.4. The first kappa shape index (κ1) is 21.5. The van der Waals surface area contributed by atoms with E-state index in [1.54, 1.807) is 19.1 Å². The van der Waals surface area contributed by atoms with Crippen LogP contribution in [0.3, 0.4) is 0 Å². The van der Waals surface area contributed by atoms with E-state index in [-0.39, 0.29) is 23.3 Å². The molecule has 171 valence electrons. The standard InChI is InChI=1S/C24H21N6O4/c1-16-27-23(34-28-16)19-11-13-29(14-12-19)22-21(30(31)32)24(26-15-25-22)33-20-9-7-18(8-10-20)17-5-3-2-4-6-17/h3-10,15,19H,11-14H2,1H3. The van der Waals surface area contributed by atoms with Crippen molar-refractivity contribution in [3.05, 3.63) is 82.8 Å². The Hall–Kier alpha value is -4.34. The lowest BCUT2D eigenvalue weighted by Gasteiger charge is -2.30. The number of hydrogen-bond acceptors (Lipinski definition) is 9. The van der Waals surface area contributed by atoms with E-state index in [9.17, 15) is 10.1 Å². The molecule has 1 aliphatic heterocycles. The van der Waals surface area contributed by atoms with Gasteiger partial charge in [0, 0.05) is 19.0 Å². The van der Waals surface area contributed by atoms with Gasteiger partial charge in [0.1, 0.15) is 12.1 Å². The number of nitrogens with zero attached hydrogens (tertiary/aromatic N) is 6. The Morgan fingerprint density at radius 2 is 1.79 bits per heavy atom. The van der Waals surface area contributed by atoms with Gasteiger partial charge in [-0.05, 0) is 49.1 Å². The van der Waals surface area contributed by atoms with Gasteiger partial charge in [0.25, 0.3) is 0 Å². The van der Waals surface area contributed by atoms with E-state index in [0.717, 1.165) is 24.0 Å². The maximum atomic E-state index is 12.0. The lowest BCUT2D eigenvalue weighted by atomic mass is 9.97. The van der Waals surface area contributed by atoms with Crippen LogP contribution in [0.15, 0.2) is 59.4 Å². The maximum absolute atomic E-state index is 12.0. The van der Waals surface area contributed by atoms with Crippen LogP contribution in [0, 0.1) is 23.1 Å². The highest BCUT2D eigenvalue weighted by atomic mass is 16.6. The number of nitro groups is 1. The normalized spacial score (nSPS) is 14.2. The minimum atomic E-state index is -0.493. The molecule has 5 rings (SSSR count). The summed E-state index contributed by atoms with van der Waals surface area (Å²) in [4.78, 5) is 26.0. The van der Waals surface area contributed by atoms with E-state index >= 15 is 0 Å². The van der Waals surface area contributed by atoms with Crippen LogP contribution in [0.25, 0.3) is 11.1 Å². The van der Waals surface area contributed by atoms with Crippen LogP contribution in [0.2, 0.25) is 0 Å². The predicted octanol–water partition coefficient (Wildman–Crippen LogP) is 4.72. The number of aromatic nitrogens is 4. The Kier molecular flexibility index (Phi) is 5.86. The summed E-state index contributed by atoms with van der Waals surface area (Å²) in [5, 5.41) is 15.8. The average molecular weight is 457 g/mol. The molecule has 2 aromatic heterocycles. The molecule has 0 spiro atoms. The van der Waals surface area contributed by atoms with Crippen molar-refractivity contribution in [3.63, 3.8) is 0 Å². The summed E-state index contributed by atoms with van der Waals surface area (Å²) in [6.07, 6.45) is 2.73. The largest absolute Gasteiger partial charge is 0.434 e. The number of benzene rings is 2. The molecule has 34 heavy (non-hydrogen) atoms. The van der Waals surface area contributed by atoms with E-state index in [4.69, 9.17) is 9.26 Å². The smallest absolute Gasteiger partial charge is 0.373 e. The molecular formula is C24H21N6O4. The van der Waals surface area contributed by atoms with Crippen molar-refractivity contribution >= 4 is 11.5 Å². The van der Waals surface area contributed by atoms with Crippen molar-refractivity contribution in [1.82, 2.24) is 20.1 Å². The molecular weight excluding hydrogens is 436 g/mol. The lowest BCUT2D eigenvalue weighted by molar-refractivity contribution is -0.385. The van der Waals surface area contributed by atoms with Crippen LogP contribution in [-0.2, 0) is 0 Å². The van der Waals surface area contributed by atoms with Gasteiger partial charge in [-0.2, -0.15) is 9.97 Å². The minimum absolute atomic E-state index is 0.0910. The maximum Gasteiger partial charge on any atom is 0.373 e. The predicted molar refractivity (Wildman–Crippen MR) is 123 cm³/mol. The second-order valence-electron chi connectivity index (χ2n) is 7.96. The summed E-state index contributed by atoms with van der Waals surface area (Å²) in [6.45, 7) is 2.90. The monoisotopic (exact) mass is 457 g/mol. The quantitative estimate of drug-likeness (QED) is 0.299. The number of piperidine rings is 1. The first-order chi connectivity index (χ1) is 16.6. The summed E-state index contributed by atoms with van der Waals surface area (Å²) in [6, 6.07) is 17.9. The van der Waals surface area contributed by atoms with Gasteiger partial charge in [-0.1, -0.05) is 41.6 Å². The minimum Gasteiger partial charge on any atom is -0.434 e. The van der Waals surface area contributed by atoms with Crippen molar-refractivity contribution in [2.75, 3.05) is 18.0 Å². The molecule has 1 fully saturated rings. The molecule has 0 amide bonds. The van der Waals surface area contributed by atoms with Gasteiger partial charge in [0.2, 0.25) is 11.7 Å². The Labute approximate surface area is 195 Å². The van der Waals surface area contributed by atoms with Crippen molar-refractivity contribution in [2.45, 2.75) is 25.7 Å². The van der Waals surface area contributed by atoms with Crippen LogP contribution in [0.1, 0.15) is 30.5 Å². The van der Waals surface area contributed by atoms with Crippen LogP contribution in [-0.4, -0.2) is 38.1 Å². The molecule has 0 aliphatic carbocycles. The number of aryl methyl sites for hydroxylation is 1. The van der Waals surface area contributed by atoms with Crippen LogP contribution in [0.5, 0.6) is 11.6 Å². The van der Waals surface area contributed by atoms with Gasteiger partial charge in [0.05, 0.1) is 4.92 Å². The van der Waals surface area contributed by atoms with Crippen LogP contribution < -0.4 is 9.64 Å². The van der Waals surface area contributed by atoms with Crippen molar-refractivity contribution < 1.29 is 14.2 Å². The molecule has 0 unspecified atom stereocenters. The third kappa shape index (κ3) is 4.42. The molecule has 3 heterocycles. The summed E-state index contributed by atoms with van der Waals surface area (Å²) in [5.74, 6) is 1.93. The zero-order chi connectivity index (χ0) is 23.5. The Bertz CT molecular complexity index is 1280. The molecule has 10 nitrogen and oxygen atoms in total. The Balaban J connectivity index is 1.35. The third-order valence-corrected chi connectivity index (χ3v) is 5.76. The first-order valence-electron chi connectivity index (χ1n) is 10.9. The molecule has 1 saturated heterocycles. The highest BCUT2D eigenvalue weighted by molar-refractivity contribution is 5.65. The molecule has 4 aromatic rings. The average Bonchev–Trinajstić information content (AvgIpc) is 3.31. The van der Waals surface area contributed by atoms with E-state index in [2.05, 4.69) is 26.2 Å². The summed E-state index contributed by atoms with van der Waals surface area (Å²) >= 11 is 0. The van der Waals surface area contributed by atoms with Crippen LogP contribution in [0.4, 0.5) is 11.5 Å². The lowest BCUT2D eigenvalue weighted by Crippen LogP contribution is -2.34. The number of rotatable bonds is 6. The second kappa shape index (κ2) is 9.26. The molecule has 0 saturated carbocycles. The molecule has 10 heteroatoms. The third-order valence-electron chi connectivity index (χ3n) is 5.76. The SMILES string of the molecule is Cc1noc(C2CCN(c3ncnc(Oc4ccc(-c5cc[c]cc5)cc4)c3[N+](=O)[O-])CC2)n1. The highest BCUT2D eigenvalue weighted by Gasteiger charge is 2.32. The zero-order valence-corrected chi connectivity index (χ0v) is 18.4. The van der Waals surface area contributed by atoms with Crippen molar-refractivity contribution in [1.29, 1.82) is 0 Å². The van der Waals surface area contributed by atoms with Gasteiger partial charge < -0.3 is 14.2 Å². The number of hydrogen-bond donors (Lipinski definition) is 0. The van der Waals surface area contributed by atoms with Gasteiger partial charge >= 0.3 is 11.6 Å². The molecule has 2 aromatic carbocycles. The summed E-state index contributed by atoms with van der Waals surface area (Å²) in [5.41, 5.74) is 1.79. The van der Waals surface area contributed by atoms with Crippen molar-refractivity contribution in [2.24, 2.45) is 0 Å². The van der Waals surface area contributed by atoms with Gasteiger partial charge in [-0.15, -0.1) is 0 Å². The molecule has 0 N–H and O–H groups in total. The van der Waals surface area contributed by atoms with Gasteiger partial charge in [-0.3, -0.25) is 10.1 Å². The fourth-order valence-electron chi connectivity index (χ4n) is 4.04. The van der Waals surface area contributed by atoms with E-state index in [1.807, 2.05) is 41.3 Å². The highest BCUT2D eigenvalue weighted by Crippen LogP contribution is 2.38. The van der Waals surface area contributed by atoms with E-state index in [0.29, 0.717) is 30.6 Å². The summed E-state index contributed by atoms with van der Waals surface area (Å²) in [7, 11) is 0. The van der Waals surface area contributed by atoms with Gasteiger partial charge in [0.15, 0.2) is 5.82 Å². The molecule has 1 aliphatic rings. The topological polar surface area (TPSA) is 120 Å². The van der Waals surface area contributed by atoms with E-state index in [1.165, 1.54) is 6.33 Å². The Morgan fingerprint density at radius 1 is 1.09 bits per heavy atom. The van der Waals surface area contributed by atoms with Crippen LogP contribution >= 0.6 is 0 Å². The van der Waals surface area contributed by atoms with E-state index < -0.39 is 4.92 Å². The number of ether oxygens (including phenoxy) is 1. The molecule has 0 bridgehead atoms. The van der Waals surface area contributed by atoms with Gasteiger partial charge in [-0.25, -0.2) is 4.98 Å². The first-order valence-corrected chi connectivity index (χ1v) is 10.9. The molecule has 1 radical (unpaired) electrons.